The summed E-state index contributed by atoms with van der Waals surface area (Å²) in [5.74, 6) is 0. The minimum atomic E-state index is 0.530. The quantitative estimate of drug-likeness (QED) is 0.485. The summed E-state index contributed by atoms with van der Waals surface area (Å²) in [6, 6.07) is 1.76. The molecule has 48 valence electrons. The van der Waals surface area contributed by atoms with E-state index >= 15 is 0 Å². The Morgan fingerprint density at radius 1 is 1.40 bits per heavy atom. The number of fused-ring (bicyclic) bond motifs is 1. The standard InChI is InChI=1S/C5H2N4O/c1-2-4-5(8-9-7-2)10-3(1)6-4/h1,9H. The molecule has 0 spiro atoms. The Morgan fingerprint density at radius 2 is 2.40 bits per heavy atom. The maximum absolute atomic E-state index is 5.10. The number of rotatable bonds is 0. The Labute approximate surface area is 54.7 Å². The van der Waals surface area contributed by atoms with Crippen LogP contribution in [0.15, 0.2) is 10.5 Å². The first kappa shape index (κ1) is 4.21. The molecule has 0 unspecified atom stereocenters. The highest BCUT2D eigenvalue weighted by Gasteiger charge is 2.18. The molecule has 10 heavy (non-hydrogen) atoms. The van der Waals surface area contributed by atoms with Crippen molar-refractivity contribution in [1.82, 2.24) is 20.4 Å². The van der Waals surface area contributed by atoms with Gasteiger partial charge in [0.05, 0.1) is 0 Å². The third-order valence-corrected chi connectivity index (χ3v) is 1.45. The number of nitrogens with one attached hydrogen (secondary N) is 1. The molecule has 0 fully saturated rings. The van der Waals surface area contributed by atoms with Crippen LogP contribution in [0.1, 0.15) is 0 Å². The van der Waals surface area contributed by atoms with Crippen molar-refractivity contribution >= 4 is 11.4 Å². The van der Waals surface area contributed by atoms with Gasteiger partial charge in [-0.3, -0.25) is 0 Å². The van der Waals surface area contributed by atoms with Crippen molar-refractivity contribution in [2.75, 3.05) is 0 Å². The minimum Gasteiger partial charge on any atom is -0.417 e. The van der Waals surface area contributed by atoms with Gasteiger partial charge in [0.15, 0.2) is 5.69 Å². The highest BCUT2D eigenvalue weighted by atomic mass is 16.4. The maximum Gasteiger partial charge on any atom is 0.268 e. The minimum absolute atomic E-state index is 0.530. The molecule has 1 aromatic rings. The molecule has 0 atom stereocenters. The molecule has 5 heteroatoms. The average Bonchev–Trinajstić information content (AvgIpc) is 2.40. The van der Waals surface area contributed by atoms with Crippen LogP contribution in [-0.2, 0) is 0 Å². The topological polar surface area (TPSA) is 67.6 Å². The van der Waals surface area contributed by atoms with Crippen LogP contribution in [-0.4, -0.2) is 20.4 Å². The summed E-state index contributed by atoms with van der Waals surface area (Å²) >= 11 is 0. The third-order valence-electron chi connectivity index (χ3n) is 1.45. The van der Waals surface area contributed by atoms with Crippen molar-refractivity contribution in [3.05, 3.63) is 6.07 Å². The molecule has 0 aliphatic carbocycles. The number of aromatic amines is 1. The third kappa shape index (κ3) is 0.307. The molecule has 1 aromatic heterocycles. The predicted octanol–water partition coefficient (Wildman–Crippen LogP) is 0.488. The molecule has 2 bridgehead atoms. The van der Waals surface area contributed by atoms with Crippen LogP contribution >= 0.6 is 0 Å². The van der Waals surface area contributed by atoms with Gasteiger partial charge in [-0.2, -0.15) is 10.3 Å². The molecule has 5 nitrogen and oxygen atoms in total. The lowest BCUT2D eigenvalue weighted by atomic mass is 10.3. The Balaban J connectivity index is 2.76. The highest BCUT2D eigenvalue weighted by Crippen LogP contribution is 2.27. The summed E-state index contributed by atoms with van der Waals surface area (Å²) in [6.07, 6.45) is 0. The fourth-order valence-electron chi connectivity index (χ4n) is 1.03. The molecule has 2 aliphatic rings. The van der Waals surface area contributed by atoms with Gasteiger partial charge in [-0.15, -0.1) is 5.10 Å². The normalized spacial score (nSPS) is 12.0. The zero-order valence-corrected chi connectivity index (χ0v) is 4.83. The fraction of sp³-hybridized carbons (Fsp3) is 0. The molecule has 0 aromatic carbocycles. The van der Waals surface area contributed by atoms with Crippen LogP contribution in [0.25, 0.3) is 22.8 Å². The molecule has 0 amide bonds. The second-order valence-electron chi connectivity index (χ2n) is 2.06. The van der Waals surface area contributed by atoms with Gasteiger partial charge in [-0.05, 0) is 0 Å². The van der Waals surface area contributed by atoms with E-state index in [9.17, 15) is 0 Å². The van der Waals surface area contributed by atoms with E-state index in [1.165, 1.54) is 0 Å². The Kier molecular flexibility index (Phi) is 0.467. The van der Waals surface area contributed by atoms with Gasteiger partial charge in [0, 0.05) is 6.07 Å². The molecule has 0 radical (unpaired) electrons. The summed E-state index contributed by atoms with van der Waals surface area (Å²) in [6.45, 7) is 0. The first-order valence-electron chi connectivity index (χ1n) is 2.83. The van der Waals surface area contributed by atoms with Crippen molar-refractivity contribution in [2.45, 2.75) is 0 Å². The Bertz CT molecular complexity index is 427. The molecular formula is C5H2N4O. The molecule has 2 aliphatic heterocycles. The van der Waals surface area contributed by atoms with Crippen molar-refractivity contribution in [2.24, 2.45) is 0 Å². The SMILES string of the molecule is c1c2n[nH]nc3oc1nc3-2. The Hall–Kier alpha value is -1.65. The lowest BCUT2D eigenvalue weighted by Gasteiger charge is -1.92. The zero-order valence-electron chi connectivity index (χ0n) is 4.83. The van der Waals surface area contributed by atoms with Crippen molar-refractivity contribution in [1.29, 1.82) is 0 Å². The predicted molar refractivity (Wildman–Crippen MR) is 31.8 cm³/mol. The van der Waals surface area contributed by atoms with E-state index in [-0.39, 0.29) is 0 Å². The lowest BCUT2D eigenvalue weighted by Crippen LogP contribution is -1.91. The van der Waals surface area contributed by atoms with Crippen LogP contribution in [0.4, 0.5) is 0 Å². The monoisotopic (exact) mass is 134 g/mol. The number of H-pyrrole nitrogens is 1. The summed E-state index contributed by atoms with van der Waals surface area (Å²) in [5.41, 5.74) is 2.68. The Morgan fingerprint density at radius 3 is 3.10 bits per heavy atom. The molecule has 3 heterocycles. The zero-order chi connectivity index (χ0) is 6.55. The maximum atomic E-state index is 5.10. The number of oxazole rings is 1. The highest BCUT2D eigenvalue weighted by molar-refractivity contribution is 5.77. The van der Waals surface area contributed by atoms with Gasteiger partial charge in [0.2, 0.25) is 5.71 Å². The largest absolute Gasteiger partial charge is 0.417 e. The molecule has 1 N–H and O–H groups in total. The summed E-state index contributed by atoms with van der Waals surface area (Å²) in [7, 11) is 0. The summed E-state index contributed by atoms with van der Waals surface area (Å²) in [5, 5.41) is 10.1. The molecule has 0 saturated carbocycles. The van der Waals surface area contributed by atoms with Crippen LogP contribution < -0.4 is 0 Å². The van der Waals surface area contributed by atoms with E-state index in [0.717, 1.165) is 11.4 Å². The van der Waals surface area contributed by atoms with Crippen molar-refractivity contribution in [3.8, 4) is 11.4 Å². The second kappa shape index (κ2) is 1.11. The van der Waals surface area contributed by atoms with Crippen LogP contribution in [0.5, 0.6) is 0 Å². The van der Waals surface area contributed by atoms with Gasteiger partial charge in [-0.25, -0.2) is 4.98 Å². The van der Waals surface area contributed by atoms with E-state index in [4.69, 9.17) is 4.42 Å². The second-order valence-corrected chi connectivity index (χ2v) is 2.06. The molecule has 0 saturated heterocycles. The van der Waals surface area contributed by atoms with E-state index in [1.807, 2.05) is 0 Å². The number of nitrogens with zero attached hydrogens (tertiary/aromatic N) is 3. The molecule has 3 rings (SSSR count). The van der Waals surface area contributed by atoms with Crippen LogP contribution in [0.3, 0.4) is 0 Å². The summed E-state index contributed by atoms with van der Waals surface area (Å²) < 4.78 is 5.10. The lowest BCUT2D eigenvalue weighted by molar-refractivity contribution is 0.625. The van der Waals surface area contributed by atoms with Crippen molar-refractivity contribution in [3.63, 3.8) is 0 Å². The van der Waals surface area contributed by atoms with Gasteiger partial charge >= 0.3 is 0 Å². The van der Waals surface area contributed by atoms with E-state index in [2.05, 4.69) is 20.4 Å². The molecular weight excluding hydrogens is 132 g/mol. The van der Waals surface area contributed by atoms with E-state index in [1.54, 1.807) is 6.07 Å². The van der Waals surface area contributed by atoms with Gasteiger partial charge < -0.3 is 4.42 Å². The van der Waals surface area contributed by atoms with Gasteiger partial charge in [0.1, 0.15) is 5.69 Å². The van der Waals surface area contributed by atoms with E-state index < -0.39 is 0 Å². The number of aromatic nitrogens is 4. The average molecular weight is 134 g/mol. The van der Waals surface area contributed by atoms with Gasteiger partial charge in [-0.1, -0.05) is 0 Å². The number of hydrogen-bond donors (Lipinski definition) is 1. The summed E-state index contributed by atoms with van der Waals surface area (Å²) in [4.78, 5) is 4.04. The van der Waals surface area contributed by atoms with E-state index in [0.29, 0.717) is 11.4 Å². The fourth-order valence-corrected chi connectivity index (χ4v) is 1.03. The first-order valence-corrected chi connectivity index (χ1v) is 2.83. The van der Waals surface area contributed by atoms with Gasteiger partial charge in [0.25, 0.3) is 5.71 Å². The van der Waals surface area contributed by atoms with Crippen LogP contribution in [0.2, 0.25) is 0 Å². The number of hydrogen-bond acceptors (Lipinski definition) is 4. The first-order chi connectivity index (χ1) is 4.93. The van der Waals surface area contributed by atoms with Crippen LogP contribution in [0, 0.1) is 0 Å². The smallest absolute Gasteiger partial charge is 0.268 e. The van der Waals surface area contributed by atoms with Crippen molar-refractivity contribution < 1.29 is 4.42 Å².